The van der Waals surface area contributed by atoms with Gasteiger partial charge in [0.25, 0.3) is 5.91 Å². The molecule has 1 aliphatic carbocycles. The van der Waals surface area contributed by atoms with Crippen molar-refractivity contribution in [2.24, 2.45) is 5.73 Å². The first kappa shape index (κ1) is 16.2. The number of hydrogen-bond donors (Lipinski definition) is 1. The first-order valence-electron chi connectivity index (χ1n) is 7.61. The third kappa shape index (κ3) is 4.16. The van der Waals surface area contributed by atoms with Crippen molar-refractivity contribution >= 4 is 17.7 Å². The Morgan fingerprint density at radius 3 is 2.50 bits per heavy atom. The van der Waals surface area contributed by atoms with Gasteiger partial charge in [-0.2, -0.15) is 0 Å². The number of hydrogen-bond acceptors (Lipinski definition) is 4. The normalized spacial score (nSPS) is 14.8. The highest BCUT2D eigenvalue weighted by molar-refractivity contribution is 5.98. The fourth-order valence-corrected chi connectivity index (χ4v) is 2.58. The van der Waals surface area contributed by atoms with Crippen LogP contribution in [0.25, 0.3) is 0 Å². The van der Waals surface area contributed by atoms with Crippen LogP contribution in [0.3, 0.4) is 0 Å². The molecule has 1 aromatic rings. The van der Waals surface area contributed by atoms with Crippen molar-refractivity contribution < 1.29 is 19.1 Å². The van der Waals surface area contributed by atoms with Crippen LogP contribution < -0.4 is 5.73 Å². The van der Waals surface area contributed by atoms with Gasteiger partial charge in [-0.05, 0) is 49.8 Å². The zero-order valence-electron chi connectivity index (χ0n) is 12.8. The third-order valence-electron chi connectivity index (χ3n) is 3.94. The molecule has 0 radical (unpaired) electrons. The smallest absolute Gasteiger partial charge is 0.307 e. The molecule has 0 aliphatic heterocycles. The molecular formula is C17H21NO4. The quantitative estimate of drug-likeness (QED) is 0.643. The van der Waals surface area contributed by atoms with Gasteiger partial charge in [0.15, 0.2) is 11.9 Å². The van der Waals surface area contributed by atoms with Gasteiger partial charge < -0.3 is 10.5 Å². The van der Waals surface area contributed by atoms with Gasteiger partial charge in [-0.3, -0.25) is 14.4 Å². The Balaban J connectivity index is 1.90. The molecule has 22 heavy (non-hydrogen) atoms. The van der Waals surface area contributed by atoms with Crippen molar-refractivity contribution in [3.63, 3.8) is 0 Å². The van der Waals surface area contributed by atoms with E-state index in [2.05, 4.69) is 0 Å². The summed E-state index contributed by atoms with van der Waals surface area (Å²) < 4.78 is 4.82. The summed E-state index contributed by atoms with van der Waals surface area (Å²) in [5, 5.41) is 0. The van der Waals surface area contributed by atoms with E-state index in [0.29, 0.717) is 5.56 Å². The summed E-state index contributed by atoms with van der Waals surface area (Å²) in [5.41, 5.74) is 8.20. The molecule has 0 bridgehead atoms. The van der Waals surface area contributed by atoms with Crippen LogP contribution >= 0.6 is 0 Å². The molecule has 0 fully saturated rings. The molecule has 1 amide bonds. The maximum Gasteiger partial charge on any atom is 0.307 e. The van der Waals surface area contributed by atoms with Gasteiger partial charge in [-0.1, -0.05) is 12.1 Å². The Morgan fingerprint density at radius 2 is 1.82 bits per heavy atom. The molecule has 0 aromatic heterocycles. The molecule has 0 heterocycles. The number of Topliss-reactive ketones (excluding diaryl/α,β-unsaturated/α-hetero) is 1. The maximum atomic E-state index is 12.2. The van der Waals surface area contributed by atoms with Crippen molar-refractivity contribution in [2.75, 3.05) is 0 Å². The van der Waals surface area contributed by atoms with Crippen molar-refractivity contribution in [3.05, 3.63) is 34.9 Å². The molecule has 0 spiro atoms. The second kappa shape index (κ2) is 7.20. The van der Waals surface area contributed by atoms with Crippen LogP contribution in [0, 0.1) is 0 Å². The van der Waals surface area contributed by atoms with Crippen LogP contribution in [-0.4, -0.2) is 23.8 Å². The number of esters is 1. The topological polar surface area (TPSA) is 86.5 Å². The maximum absolute atomic E-state index is 12.2. The van der Waals surface area contributed by atoms with Crippen LogP contribution in [0.2, 0.25) is 0 Å². The standard InChI is InChI=1S/C17H21NO4/c1-11(17(18)21)22-16(20)9-8-15(19)14-7-6-12-4-2-3-5-13(12)10-14/h6-7,10-11H,2-5,8-9H2,1H3,(H2,18,21)/t11-/m1/s1. The van der Waals surface area contributed by atoms with E-state index in [-0.39, 0.29) is 18.6 Å². The van der Waals surface area contributed by atoms with Crippen molar-refractivity contribution in [1.82, 2.24) is 0 Å². The van der Waals surface area contributed by atoms with Crippen LogP contribution in [0.4, 0.5) is 0 Å². The first-order valence-corrected chi connectivity index (χ1v) is 7.61. The molecule has 0 unspecified atom stereocenters. The van der Waals surface area contributed by atoms with Gasteiger partial charge in [0.05, 0.1) is 6.42 Å². The molecule has 2 rings (SSSR count). The number of rotatable bonds is 6. The zero-order valence-corrected chi connectivity index (χ0v) is 12.8. The highest BCUT2D eigenvalue weighted by atomic mass is 16.5. The van der Waals surface area contributed by atoms with Crippen LogP contribution in [0.15, 0.2) is 18.2 Å². The Labute approximate surface area is 129 Å². The predicted molar refractivity (Wildman–Crippen MR) is 81.4 cm³/mol. The van der Waals surface area contributed by atoms with Gasteiger partial charge in [-0.15, -0.1) is 0 Å². The highest BCUT2D eigenvalue weighted by Gasteiger charge is 2.17. The molecule has 0 saturated carbocycles. The lowest BCUT2D eigenvalue weighted by Gasteiger charge is -2.16. The number of aryl methyl sites for hydroxylation is 2. The predicted octanol–water partition coefficient (Wildman–Crippen LogP) is 1.95. The summed E-state index contributed by atoms with van der Waals surface area (Å²) in [6, 6.07) is 5.77. The molecule has 5 nitrogen and oxygen atoms in total. The van der Waals surface area contributed by atoms with E-state index in [0.717, 1.165) is 19.3 Å². The number of amides is 1. The summed E-state index contributed by atoms with van der Waals surface area (Å²) in [6.45, 7) is 1.41. The second-order valence-electron chi connectivity index (χ2n) is 5.65. The lowest BCUT2D eigenvalue weighted by Crippen LogP contribution is -2.30. The zero-order chi connectivity index (χ0) is 16.1. The number of primary amides is 1. The second-order valence-corrected chi connectivity index (χ2v) is 5.65. The summed E-state index contributed by atoms with van der Waals surface area (Å²) >= 11 is 0. The van der Waals surface area contributed by atoms with Gasteiger partial charge in [0, 0.05) is 12.0 Å². The number of nitrogens with two attached hydrogens (primary N) is 1. The van der Waals surface area contributed by atoms with Crippen LogP contribution in [0.1, 0.15) is 54.1 Å². The number of benzene rings is 1. The summed E-state index contributed by atoms with van der Waals surface area (Å²) in [6.07, 6.45) is 3.49. The Hall–Kier alpha value is -2.17. The van der Waals surface area contributed by atoms with E-state index in [1.807, 2.05) is 18.2 Å². The average molecular weight is 303 g/mol. The highest BCUT2D eigenvalue weighted by Crippen LogP contribution is 2.23. The summed E-state index contributed by atoms with van der Waals surface area (Å²) in [5.74, 6) is -1.37. The fourth-order valence-electron chi connectivity index (χ4n) is 2.58. The number of fused-ring (bicyclic) bond motifs is 1. The Bertz CT molecular complexity index is 594. The molecular weight excluding hydrogens is 282 g/mol. The largest absolute Gasteiger partial charge is 0.453 e. The number of ketones is 1. The number of ether oxygens (including phenoxy) is 1. The van der Waals surface area contributed by atoms with Crippen molar-refractivity contribution in [3.8, 4) is 0 Å². The Kier molecular flexibility index (Phi) is 5.31. The molecule has 1 aliphatic rings. The molecule has 118 valence electrons. The molecule has 1 atom stereocenters. The molecule has 1 aromatic carbocycles. The molecule has 2 N–H and O–H groups in total. The minimum Gasteiger partial charge on any atom is -0.453 e. The van der Waals surface area contributed by atoms with Gasteiger partial charge >= 0.3 is 5.97 Å². The van der Waals surface area contributed by atoms with Crippen LogP contribution in [-0.2, 0) is 27.2 Å². The first-order chi connectivity index (χ1) is 10.5. The van der Waals surface area contributed by atoms with E-state index in [1.54, 1.807) is 0 Å². The lowest BCUT2D eigenvalue weighted by molar-refractivity contribution is -0.153. The van der Waals surface area contributed by atoms with Gasteiger partial charge in [0.1, 0.15) is 0 Å². The minimum absolute atomic E-state index is 0.0481. The molecule has 0 saturated heterocycles. The monoisotopic (exact) mass is 303 g/mol. The van der Waals surface area contributed by atoms with E-state index in [1.165, 1.54) is 24.5 Å². The molecule has 5 heteroatoms. The average Bonchev–Trinajstić information content (AvgIpc) is 2.52. The number of carbonyl (C=O) groups is 3. The van der Waals surface area contributed by atoms with E-state index in [4.69, 9.17) is 10.5 Å². The lowest BCUT2D eigenvalue weighted by atomic mass is 9.89. The third-order valence-corrected chi connectivity index (χ3v) is 3.94. The Morgan fingerprint density at radius 1 is 1.14 bits per heavy atom. The van der Waals surface area contributed by atoms with Gasteiger partial charge in [-0.25, -0.2) is 0 Å². The summed E-state index contributed by atoms with van der Waals surface area (Å²) in [4.78, 5) is 34.5. The van der Waals surface area contributed by atoms with E-state index < -0.39 is 18.0 Å². The minimum atomic E-state index is -0.966. The number of carbonyl (C=O) groups excluding carboxylic acids is 3. The van der Waals surface area contributed by atoms with Gasteiger partial charge in [0.2, 0.25) is 0 Å². The van der Waals surface area contributed by atoms with Crippen molar-refractivity contribution in [2.45, 2.75) is 51.6 Å². The van der Waals surface area contributed by atoms with E-state index >= 15 is 0 Å². The van der Waals surface area contributed by atoms with E-state index in [9.17, 15) is 14.4 Å². The SMILES string of the molecule is C[C@@H](OC(=O)CCC(=O)c1ccc2c(c1)CCCC2)C(N)=O. The summed E-state index contributed by atoms with van der Waals surface area (Å²) in [7, 11) is 0. The van der Waals surface area contributed by atoms with Crippen molar-refractivity contribution in [1.29, 1.82) is 0 Å². The fraction of sp³-hybridized carbons (Fsp3) is 0.471. The van der Waals surface area contributed by atoms with Crippen LogP contribution in [0.5, 0.6) is 0 Å².